The van der Waals surface area contributed by atoms with E-state index in [1.54, 1.807) is 11.9 Å². The van der Waals surface area contributed by atoms with Gasteiger partial charge in [-0.05, 0) is 19.8 Å². The fourth-order valence-electron chi connectivity index (χ4n) is 3.20. The van der Waals surface area contributed by atoms with E-state index in [4.69, 9.17) is 0 Å². The Morgan fingerprint density at radius 1 is 1.38 bits per heavy atom. The average Bonchev–Trinajstić information content (AvgIpc) is 3.17. The van der Waals surface area contributed by atoms with Crippen molar-refractivity contribution in [2.75, 3.05) is 27.7 Å². The van der Waals surface area contributed by atoms with Crippen LogP contribution in [0.5, 0.6) is 0 Å². The van der Waals surface area contributed by atoms with Gasteiger partial charge in [0.2, 0.25) is 5.91 Å². The van der Waals surface area contributed by atoms with Crippen LogP contribution in [0, 0.1) is 12.3 Å². The van der Waals surface area contributed by atoms with Gasteiger partial charge in [0.25, 0.3) is 0 Å². The monoisotopic (exact) mass is 448 g/mol. The molecule has 2 rings (SSSR count). The maximum atomic E-state index is 12.6. The maximum Gasteiger partial charge on any atom is 0.230 e. The Morgan fingerprint density at radius 2 is 2.04 bits per heavy atom. The Kier molecular flexibility index (Phi) is 7.98. The van der Waals surface area contributed by atoms with E-state index in [2.05, 4.69) is 25.8 Å². The quantitative estimate of drug-likeness (QED) is 0.363. The van der Waals surface area contributed by atoms with Gasteiger partial charge in [0.05, 0.1) is 11.6 Å². The van der Waals surface area contributed by atoms with Crippen molar-refractivity contribution in [1.82, 2.24) is 25.7 Å². The van der Waals surface area contributed by atoms with Crippen molar-refractivity contribution in [3.8, 4) is 0 Å². The van der Waals surface area contributed by atoms with Crippen molar-refractivity contribution in [1.29, 1.82) is 0 Å². The highest BCUT2D eigenvalue weighted by molar-refractivity contribution is 14.0. The fraction of sp³-hybridized carbons (Fsp3) is 0.688. The van der Waals surface area contributed by atoms with Crippen LogP contribution in [0.4, 0.5) is 0 Å². The zero-order chi connectivity index (χ0) is 16.9. The molecule has 3 N–H and O–H groups in total. The van der Waals surface area contributed by atoms with Crippen molar-refractivity contribution in [3.63, 3.8) is 0 Å². The molecule has 0 spiro atoms. The molecule has 1 heterocycles. The second kappa shape index (κ2) is 9.24. The first-order valence-electron chi connectivity index (χ1n) is 8.13. The number of rotatable bonds is 5. The third-order valence-electron chi connectivity index (χ3n) is 4.62. The number of nitrogens with zero attached hydrogens (tertiary/aromatic N) is 3. The molecule has 0 unspecified atom stereocenters. The molecule has 24 heavy (non-hydrogen) atoms. The summed E-state index contributed by atoms with van der Waals surface area (Å²) in [6.07, 6.45) is 5.91. The number of hydrogen-bond donors (Lipinski definition) is 3. The first-order valence-corrected chi connectivity index (χ1v) is 8.13. The topological polar surface area (TPSA) is 85.4 Å². The molecule has 0 radical (unpaired) electrons. The molecule has 1 aromatic heterocycles. The van der Waals surface area contributed by atoms with E-state index < -0.39 is 0 Å². The van der Waals surface area contributed by atoms with Gasteiger partial charge in [0.15, 0.2) is 5.96 Å². The summed E-state index contributed by atoms with van der Waals surface area (Å²) in [5, 5.41) is 13.5. The zero-order valence-corrected chi connectivity index (χ0v) is 17.3. The second-order valence-electron chi connectivity index (χ2n) is 6.49. The normalized spacial score (nSPS) is 16.4. The molecule has 0 atom stereocenters. The van der Waals surface area contributed by atoms with Crippen LogP contribution in [0.1, 0.15) is 36.9 Å². The van der Waals surface area contributed by atoms with E-state index in [-0.39, 0.29) is 35.3 Å². The zero-order valence-electron chi connectivity index (χ0n) is 15.0. The number of carbonyl (C=O) groups excluding carboxylic acids is 1. The van der Waals surface area contributed by atoms with Crippen LogP contribution in [0.25, 0.3) is 0 Å². The van der Waals surface area contributed by atoms with Crippen LogP contribution in [0.15, 0.2) is 11.2 Å². The molecule has 7 nitrogen and oxygen atoms in total. The molecule has 1 aliphatic carbocycles. The van der Waals surface area contributed by atoms with Crippen LogP contribution < -0.4 is 10.6 Å². The molecule has 0 aromatic carbocycles. The minimum absolute atomic E-state index is 0. The molecule has 1 fully saturated rings. The number of aromatic nitrogens is 2. The SMILES string of the molecule is CN=C(NCc1cn[nH]c1C)NCC1(C(=O)N(C)C)CCCC1.I. The Hall–Kier alpha value is -1.32. The predicted octanol–water partition coefficient (Wildman–Crippen LogP) is 1.65. The number of aromatic amines is 1. The van der Waals surface area contributed by atoms with Crippen LogP contribution in [0.3, 0.4) is 0 Å². The number of amides is 1. The Bertz CT molecular complexity index is 563. The third-order valence-corrected chi connectivity index (χ3v) is 4.62. The molecule has 136 valence electrons. The van der Waals surface area contributed by atoms with Crippen molar-refractivity contribution in [2.45, 2.75) is 39.2 Å². The number of guanidine groups is 1. The second-order valence-corrected chi connectivity index (χ2v) is 6.49. The summed E-state index contributed by atoms with van der Waals surface area (Å²) in [7, 11) is 5.40. The Balaban J connectivity index is 0.00000288. The minimum atomic E-state index is -0.299. The highest BCUT2D eigenvalue weighted by Crippen LogP contribution is 2.38. The summed E-state index contributed by atoms with van der Waals surface area (Å²) >= 11 is 0. The van der Waals surface area contributed by atoms with E-state index in [1.165, 1.54) is 0 Å². The lowest BCUT2D eigenvalue weighted by Gasteiger charge is -2.31. The summed E-state index contributed by atoms with van der Waals surface area (Å²) < 4.78 is 0. The number of carbonyl (C=O) groups is 1. The Morgan fingerprint density at radius 3 is 2.54 bits per heavy atom. The van der Waals surface area contributed by atoms with Gasteiger partial charge in [0.1, 0.15) is 0 Å². The molecule has 1 saturated carbocycles. The van der Waals surface area contributed by atoms with Crippen LogP contribution in [0.2, 0.25) is 0 Å². The van der Waals surface area contributed by atoms with Crippen LogP contribution in [-0.2, 0) is 11.3 Å². The molecule has 0 aliphatic heterocycles. The van der Waals surface area contributed by atoms with Crippen LogP contribution >= 0.6 is 24.0 Å². The standard InChI is InChI=1S/C16H28N6O.HI/c1-12-13(10-20-21-12)9-18-15(17-2)19-11-16(7-5-6-8-16)14(23)22(3)4;/h10H,5-9,11H2,1-4H3,(H,20,21)(H2,17,18,19);1H. The van der Waals surface area contributed by atoms with E-state index in [1.807, 2.05) is 27.2 Å². The Labute approximate surface area is 161 Å². The lowest BCUT2D eigenvalue weighted by molar-refractivity contribution is -0.138. The molecule has 1 aliphatic rings. The fourth-order valence-corrected chi connectivity index (χ4v) is 3.20. The molecule has 8 heteroatoms. The number of aliphatic imine (C=N–C) groups is 1. The molecule has 1 aromatic rings. The highest BCUT2D eigenvalue weighted by atomic mass is 127. The van der Waals surface area contributed by atoms with Gasteiger partial charge in [-0.25, -0.2) is 0 Å². The van der Waals surface area contributed by atoms with Crippen molar-refractivity contribution >= 4 is 35.8 Å². The number of hydrogen-bond acceptors (Lipinski definition) is 3. The van der Waals surface area contributed by atoms with Gasteiger partial charge in [-0.2, -0.15) is 5.10 Å². The van der Waals surface area contributed by atoms with Crippen LogP contribution in [-0.4, -0.2) is 54.7 Å². The van der Waals surface area contributed by atoms with E-state index in [9.17, 15) is 4.79 Å². The smallest absolute Gasteiger partial charge is 0.230 e. The maximum absolute atomic E-state index is 12.6. The van der Waals surface area contributed by atoms with Gasteiger partial charge >= 0.3 is 0 Å². The molecular formula is C16H29IN6O. The molecular weight excluding hydrogens is 419 g/mol. The summed E-state index contributed by atoms with van der Waals surface area (Å²) in [4.78, 5) is 18.5. The van der Waals surface area contributed by atoms with E-state index in [0.29, 0.717) is 19.0 Å². The van der Waals surface area contributed by atoms with Crippen molar-refractivity contribution < 1.29 is 4.79 Å². The van der Waals surface area contributed by atoms with Crippen molar-refractivity contribution in [2.24, 2.45) is 10.4 Å². The summed E-state index contributed by atoms with van der Waals surface area (Å²) in [5.41, 5.74) is 1.85. The average molecular weight is 448 g/mol. The van der Waals surface area contributed by atoms with Gasteiger partial charge in [-0.3, -0.25) is 14.9 Å². The number of nitrogens with one attached hydrogen (secondary N) is 3. The summed E-state index contributed by atoms with van der Waals surface area (Å²) in [6.45, 7) is 3.26. The van der Waals surface area contributed by atoms with Gasteiger partial charge in [-0.15, -0.1) is 24.0 Å². The summed E-state index contributed by atoms with van der Waals surface area (Å²) in [6, 6.07) is 0. The molecule has 1 amide bonds. The van der Waals surface area contributed by atoms with E-state index in [0.717, 1.165) is 36.9 Å². The minimum Gasteiger partial charge on any atom is -0.355 e. The lowest BCUT2D eigenvalue weighted by Crippen LogP contribution is -2.49. The van der Waals surface area contributed by atoms with E-state index >= 15 is 0 Å². The summed E-state index contributed by atoms with van der Waals surface area (Å²) in [5.74, 6) is 0.923. The number of H-pyrrole nitrogens is 1. The highest BCUT2D eigenvalue weighted by Gasteiger charge is 2.42. The number of halogens is 1. The third kappa shape index (κ3) is 4.84. The van der Waals surface area contributed by atoms with Gasteiger partial charge in [0, 0.05) is 45.5 Å². The first kappa shape index (κ1) is 20.7. The first-order chi connectivity index (χ1) is 11.0. The molecule has 0 saturated heterocycles. The molecule has 0 bridgehead atoms. The van der Waals surface area contributed by atoms with Gasteiger partial charge < -0.3 is 15.5 Å². The predicted molar refractivity (Wildman–Crippen MR) is 107 cm³/mol. The van der Waals surface area contributed by atoms with Gasteiger partial charge in [-0.1, -0.05) is 12.8 Å². The largest absolute Gasteiger partial charge is 0.355 e. The lowest BCUT2D eigenvalue weighted by atomic mass is 9.84. The van der Waals surface area contributed by atoms with Crippen molar-refractivity contribution in [3.05, 3.63) is 17.5 Å². The number of aryl methyl sites for hydroxylation is 1.